The van der Waals surface area contributed by atoms with Gasteiger partial charge in [0.2, 0.25) is 0 Å². The molecule has 1 heterocycles. The molecule has 1 aromatic heterocycles. The molecular weight excluding hydrogens is 432 g/mol. The highest BCUT2D eigenvalue weighted by Gasteiger charge is 2.16. The maximum absolute atomic E-state index is 13.5. The number of nitrogens with zero attached hydrogens (tertiary/aromatic N) is 1. The van der Waals surface area contributed by atoms with Gasteiger partial charge in [0.25, 0.3) is 5.91 Å². The van der Waals surface area contributed by atoms with E-state index in [2.05, 4.69) is 10.3 Å². The SMILES string of the molecule is O=C(Nc1cccc(-c2ccccc2)c1)c1cc(-c2cccnc2)ccc1OCc1ccccc1. The van der Waals surface area contributed by atoms with E-state index < -0.39 is 0 Å². The maximum Gasteiger partial charge on any atom is 0.259 e. The molecule has 5 aromatic rings. The van der Waals surface area contributed by atoms with Crippen molar-refractivity contribution in [3.63, 3.8) is 0 Å². The van der Waals surface area contributed by atoms with Gasteiger partial charge in [-0.15, -0.1) is 0 Å². The summed E-state index contributed by atoms with van der Waals surface area (Å²) in [5.41, 5.74) is 6.17. The molecule has 0 fully saturated rings. The molecule has 0 spiro atoms. The molecule has 0 bridgehead atoms. The minimum absolute atomic E-state index is 0.232. The lowest BCUT2D eigenvalue weighted by Gasteiger charge is -2.14. The zero-order valence-corrected chi connectivity index (χ0v) is 19.1. The van der Waals surface area contributed by atoms with Gasteiger partial charge in [0.1, 0.15) is 12.4 Å². The van der Waals surface area contributed by atoms with Crippen LogP contribution in [0.2, 0.25) is 0 Å². The number of benzene rings is 4. The van der Waals surface area contributed by atoms with Gasteiger partial charge in [-0.25, -0.2) is 0 Å². The summed E-state index contributed by atoms with van der Waals surface area (Å²) < 4.78 is 6.09. The predicted octanol–water partition coefficient (Wildman–Crippen LogP) is 7.25. The molecule has 0 aliphatic rings. The van der Waals surface area contributed by atoms with Crippen LogP contribution in [0, 0.1) is 0 Å². The lowest BCUT2D eigenvalue weighted by atomic mass is 10.0. The third-order valence-electron chi connectivity index (χ3n) is 5.68. The average molecular weight is 457 g/mol. The van der Waals surface area contributed by atoms with Crippen LogP contribution in [-0.4, -0.2) is 10.9 Å². The first-order valence-corrected chi connectivity index (χ1v) is 11.4. The summed E-state index contributed by atoms with van der Waals surface area (Å²) in [6.45, 7) is 0.372. The van der Waals surface area contributed by atoms with E-state index in [4.69, 9.17) is 4.74 Å². The Labute approximate surface area is 204 Å². The molecule has 4 aromatic carbocycles. The van der Waals surface area contributed by atoms with Gasteiger partial charge in [-0.05, 0) is 52.6 Å². The summed E-state index contributed by atoms with van der Waals surface area (Å²) in [5.74, 6) is 0.294. The van der Waals surface area contributed by atoms with Crippen LogP contribution >= 0.6 is 0 Å². The molecular formula is C31H24N2O2. The van der Waals surface area contributed by atoms with Crippen molar-refractivity contribution in [1.82, 2.24) is 4.98 Å². The van der Waals surface area contributed by atoms with Crippen molar-refractivity contribution >= 4 is 11.6 Å². The molecule has 4 heteroatoms. The number of hydrogen-bond donors (Lipinski definition) is 1. The van der Waals surface area contributed by atoms with Crippen molar-refractivity contribution in [3.8, 4) is 28.0 Å². The van der Waals surface area contributed by atoms with Gasteiger partial charge in [-0.1, -0.05) is 84.9 Å². The van der Waals surface area contributed by atoms with Crippen molar-refractivity contribution in [2.24, 2.45) is 0 Å². The van der Waals surface area contributed by atoms with Gasteiger partial charge in [0, 0.05) is 23.6 Å². The third kappa shape index (κ3) is 5.45. The van der Waals surface area contributed by atoms with E-state index in [9.17, 15) is 4.79 Å². The summed E-state index contributed by atoms with van der Waals surface area (Å²) in [6, 6.07) is 37.3. The van der Waals surface area contributed by atoms with Crippen LogP contribution in [0.3, 0.4) is 0 Å². The molecule has 5 rings (SSSR count). The minimum atomic E-state index is -0.232. The number of carbonyl (C=O) groups excluding carboxylic acids is 1. The Bertz CT molecular complexity index is 1420. The maximum atomic E-state index is 13.5. The number of hydrogen-bond acceptors (Lipinski definition) is 3. The lowest BCUT2D eigenvalue weighted by Crippen LogP contribution is -2.14. The van der Waals surface area contributed by atoms with E-state index in [1.807, 2.05) is 115 Å². The van der Waals surface area contributed by atoms with Gasteiger partial charge in [0.05, 0.1) is 5.56 Å². The van der Waals surface area contributed by atoms with E-state index in [0.29, 0.717) is 17.9 Å². The fourth-order valence-electron chi connectivity index (χ4n) is 3.89. The Kier molecular flexibility index (Phi) is 6.63. The molecule has 0 aliphatic heterocycles. The second-order valence-electron chi connectivity index (χ2n) is 8.13. The fourth-order valence-corrected chi connectivity index (χ4v) is 3.89. The number of amides is 1. The van der Waals surface area contributed by atoms with Crippen LogP contribution in [0.1, 0.15) is 15.9 Å². The largest absolute Gasteiger partial charge is 0.488 e. The number of aromatic nitrogens is 1. The van der Waals surface area contributed by atoms with Crippen LogP contribution in [0.4, 0.5) is 5.69 Å². The molecule has 1 amide bonds. The zero-order valence-electron chi connectivity index (χ0n) is 19.1. The molecule has 1 N–H and O–H groups in total. The molecule has 0 aliphatic carbocycles. The molecule has 4 nitrogen and oxygen atoms in total. The van der Waals surface area contributed by atoms with Crippen LogP contribution in [0.15, 0.2) is 128 Å². The van der Waals surface area contributed by atoms with Crippen LogP contribution in [0.5, 0.6) is 5.75 Å². The Hall–Kier alpha value is -4.70. The first-order chi connectivity index (χ1) is 17.3. The average Bonchev–Trinajstić information content (AvgIpc) is 2.93. The number of pyridine rings is 1. The van der Waals surface area contributed by atoms with Crippen molar-refractivity contribution < 1.29 is 9.53 Å². The summed E-state index contributed by atoms with van der Waals surface area (Å²) in [6.07, 6.45) is 3.51. The highest BCUT2D eigenvalue weighted by atomic mass is 16.5. The van der Waals surface area contributed by atoms with Crippen LogP contribution in [-0.2, 0) is 6.61 Å². The van der Waals surface area contributed by atoms with E-state index >= 15 is 0 Å². The Morgan fingerprint density at radius 1 is 0.686 bits per heavy atom. The third-order valence-corrected chi connectivity index (χ3v) is 5.68. The first kappa shape index (κ1) is 22.1. The van der Waals surface area contributed by atoms with E-state index in [-0.39, 0.29) is 5.91 Å². The Morgan fingerprint density at radius 3 is 2.17 bits per heavy atom. The smallest absolute Gasteiger partial charge is 0.259 e. The molecule has 35 heavy (non-hydrogen) atoms. The lowest BCUT2D eigenvalue weighted by molar-refractivity contribution is 0.102. The van der Waals surface area contributed by atoms with Crippen molar-refractivity contribution in [2.75, 3.05) is 5.32 Å². The van der Waals surface area contributed by atoms with Crippen LogP contribution in [0.25, 0.3) is 22.3 Å². The van der Waals surface area contributed by atoms with Gasteiger partial charge >= 0.3 is 0 Å². The molecule has 0 radical (unpaired) electrons. The zero-order chi connectivity index (χ0) is 23.9. The molecule has 0 saturated heterocycles. The summed E-state index contributed by atoms with van der Waals surface area (Å²) in [5, 5.41) is 3.05. The van der Waals surface area contributed by atoms with Gasteiger partial charge in [-0.3, -0.25) is 9.78 Å². The number of ether oxygens (including phenoxy) is 1. The Morgan fingerprint density at radius 2 is 1.40 bits per heavy atom. The van der Waals surface area contributed by atoms with Crippen molar-refractivity contribution in [3.05, 3.63) is 139 Å². The summed E-state index contributed by atoms with van der Waals surface area (Å²) in [7, 11) is 0. The number of carbonyl (C=O) groups is 1. The van der Waals surface area contributed by atoms with Crippen molar-refractivity contribution in [1.29, 1.82) is 0 Å². The topological polar surface area (TPSA) is 51.2 Å². The monoisotopic (exact) mass is 456 g/mol. The van der Waals surface area contributed by atoms with E-state index in [1.165, 1.54) is 0 Å². The number of nitrogens with one attached hydrogen (secondary N) is 1. The molecule has 170 valence electrons. The fraction of sp³-hybridized carbons (Fsp3) is 0.0323. The molecule has 0 unspecified atom stereocenters. The van der Waals surface area contributed by atoms with E-state index in [1.54, 1.807) is 12.4 Å². The second-order valence-corrected chi connectivity index (χ2v) is 8.13. The van der Waals surface area contributed by atoms with Gasteiger partial charge in [0.15, 0.2) is 0 Å². The molecule has 0 atom stereocenters. The Balaban J connectivity index is 1.44. The highest BCUT2D eigenvalue weighted by Crippen LogP contribution is 2.29. The van der Waals surface area contributed by atoms with Gasteiger partial charge < -0.3 is 10.1 Å². The summed E-state index contributed by atoms with van der Waals surface area (Å²) >= 11 is 0. The van der Waals surface area contributed by atoms with Crippen molar-refractivity contribution in [2.45, 2.75) is 6.61 Å². The quantitative estimate of drug-likeness (QED) is 0.281. The summed E-state index contributed by atoms with van der Waals surface area (Å²) in [4.78, 5) is 17.7. The predicted molar refractivity (Wildman–Crippen MR) is 140 cm³/mol. The standard InChI is InChI=1S/C31H24N2O2/c34-31(33-28-15-7-13-25(19-28)24-11-5-2-6-12-24)29-20-26(27-14-8-18-32-21-27)16-17-30(29)35-22-23-9-3-1-4-10-23/h1-21H,22H2,(H,33,34). The van der Waals surface area contributed by atoms with Gasteiger partial charge in [-0.2, -0.15) is 0 Å². The first-order valence-electron chi connectivity index (χ1n) is 11.4. The van der Waals surface area contributed by atoms with Crippen LogP contribution < -0.4 is 10.1 Å². The minimum Gasteiger partial charge on any atom is -0.488 e. The molecule has 0 saturated carbocycles. The second kappa shape index (κ2) is 10.5. The number of rotatable bonds is 7. The highest BCUT2D eigenvalue weighted by molar-refractivity contribution is 6.07. The van der Waals surface area contributed by atoms with E-state index in [0.717, 1.165) is 33.5 Å². The normalized spacial score (nSPS) is 10.5. The number of anilines is 1.